The van der Waals surface area contributed by atoms with Crippen molar-refractivity contribution in [3.63, 3.8) is 0 Å². The molecule has 4 nitrogen and oxygen atoms in total. The van der Waals surface area contributed by atoms with E-state index < -0.39 is 6.10 Å². The van der Waals surface area contributed by atoms with Gasteiger partial charge in [0.05, 0.1) is 18.2 Å². The summed E-state index contributed by atoms with van der Waals surface area (Å²) in [6.45, 7) is 5.98. The zero-order valence-corrected chi connectivity index (χ0v) is 16.4. The van der Waals surface area contributed by atoms with Crippen molar-refractivity contribution < 1.29 is 14.3 Å². The fraction of sp³-hybridized carbons (Fsp3) is 0.381. The standard InChI is InChI=1S/C21H26ClNO3/c1-14(2)13-19(16-9-11-17(25-4)12-10-16)23-21(24)15(3)26-20-8-6-5-7-18(20)22/h5-12,14-15,19H,13H2,1-4H3,(H,23,24)/t15-,19+/m0/s1. The summed E-state index contributed by atoms with van der Waals surface area (Å²) in [5, 5.41) is 3.58. The van der Waals surface area contributed by atoms with Gasteiger partial charge >= 0.3 is 0 Å². The molecule has 0 bridgehead atoms. The van der Waals surface area contributed by atoms with E-state index in [4.69, 9.17) is 21.1 Å². The Balaban J connectivity index is 2.08. The van der Waals surface area contributed by atoms with Crippen molar-refractivity contribution in [3.05, 3.63) is 59.1 Å². The molecule has 1 amide bonds. The molecule has 0 radical (unpaired) electrons. The van der Waals surface area contributed by atoms with E-state index in [-0.39, 0.29) is 11.9 Å². The quantitative estimate of drug-likeness (QED) is 0.704. The second-order valence-electron chi connectivity index (χ2n) is 6.65. The minimum atomic E-state index is -0.650. The van der Waals surface area contributed by atoms with Crippen LogP contribution in [0.15, 0.2) is 48.5 Å². The largest absolute Gasteiger partial charge is 0.497 e. The number of nitrogens with one attached hydrogen (secondary N) is 1. The fourth-order valence-corrected chi connectivity index (χ4v) is 2.84. The summed E-state index contributed by atoms with van der Waals surface area (Å²) in [6, 6.07) is 14.8. The Hall–Kier alpha value is -2.20. The molecule has 0 heterocycles. The second-order valence-corrected chi connectivity index (χ2v) is 7.06. The Bertz CT molecular complexity index is 715. The van der Waals surface area contributed by atoms with E-state index in [1.165, 1.54) is 0 Å². The fourth-order valence-electron chi connectivity index (χ4n) is 2.66. The van der Waals surface area contributed by atoms with Crippen molar-refractivity contribution in [3.8, 4) is 11.5 Å². The topological polar surface area (TPSA) is 47.6 Å². The van der Waals surface area contributed by atoms with Gasteiger partial charge in [-0.2, -0.15) is 0 Å². The number of carbonyl (C=O) groups is 1. The normalized spacial score (nSPS) is 13.2. The van der Waals surface area contributed by atoms with Crippen molar-refractivity contribution in [1.29, 1.82) is 0 Å². The predicted molar refractivity (Wildman–Crippen MR) is 105 cm³/mol. The summed E-state index contributed by atoms with van der Waals surface area (Å²) >= 11 is 6.10. The molecule has 0 aliphatic rings. The van der Waals surface area contributed by atoms with Crippen LogP contribution in [0.1, 0.15) is 38.8 Å². The predicted octanol–water partition coefficient (Wildman–Crippen LogP) is 5.02. The molecule has 2 aromatic carbocycles. The van der Waals surface area contributed by atoms with Gasteiger partial charge in [0.2, 0.25) is 0 Å². The zero-order valence-electron chi connectivity index (χ0n) is 15.7. The van der Waals surface area contributed by atoms with Gasteiger partial charge in [-0.3, -0.25) is 4.79 Å². The van der Waals surface area contributed by atoms with Gasteiger partial charge < -0.3 is 14.8 Å². The van der Waals surface area contributed by atoms with E-state index in [9.17, 15) is 4.79 Å². The van der Waals surface area contributed by atoms with Crippen LogP contribution in [-0.4, -0.2) is 19.1 Å². The van der Waals surface area contributed by atoms with Crippen molar-refractivity contribution in [2.24, 2.45) is 5.92 Å². The van der Waals surface area contributed by atoms with Crippen LogP contribution in [0, 0.1) is 5.92 Å². The van der Waals surface area contributed by atoms with Crippen LogP contribution in [0.25, 0.3) is 0 Å². The number of carbonyl (C=O) groups excluding carboxylic acids is 1. The van der Waals surface area contributed by atoms with Crippen LogP contribution < -0.4 is 14.8 Å². The second kappa shape index (κ2) is 9.48. The van der Waals surface area contributed by atoms with E-state index in [0.29, 0.717) is 16.7 Å². The highest BCUT2D eigenvalue weighted by atomic mass is 35.5. The van der Waals surface area contributed by atoms with Gasteiger partial charge in [0.15, 0.2) is 6.10 Å². The lowest BCUT2D eigenvalue weighted by Crippen LogP contribution is -2.39. The summed E-state index contributed by atoms with van der Waals surface area (Å²) in [5.74, 6) is 1.55. The van der Waals surface area contributed by atoms with E-state index in [2.05, 4.69) is 19.2 Å². The molecule has 140 valence electrons. The smallest absolute Gasteiger partial charge is 0.261 e. The van der Waals surface area contributed by atoms with Crippen LogP contribution in [0.4, 0.5) is 0 Å². The number of halogens is 1. The van der Waals surface area contributed by atoms with Crippen molar-refractivity contribution in [1.82, 2.24) is 5.32 Å². The van der Waals surface area contributed by atoms with Gasteiger partial charge in [0.25, 0.3) is 5.91 Å². The molecule has 0 aliphatic carbocycles. The van der Waals surface area contributed by atoms with Crippen LogP contribution >= 0.6 is 11.6 Å². The Morgan fingerprint density at radius 1 is 1.08 bits per heavy atom. The van der Waals surface area contributed by atoms with Crippen molar-refractivity contribution >= 4 is 17.5 Å². The van der Waals surface area contributed by atoms with E-state index in [1.807, 2.05) is 36.4 Å². The molecule has 0 fully saturated rings. The van der Waals surface area contributed by atoms with Gasteiger partial charge in [0, 0.05) is 0 Å². The summed E-state index contributed by atoms with van der Waals surface area (Å²) in [5.41, 5.74) is 1.04. The number of ether oxygens (including phenoxy) is 2. The van der Waals surface area contributed by atoms with E-state index >= 15 is 0 Å². The molecular formula is C21H26ClNO3. The monoisotopic (exact) mass is 375 g/mol. The molecule has 0 aromatic heterocycles. The zero-order chi connectivity index (χ0) is 19.1. The van der Waals surface area contributed by atoms with Gasteiger partial charge in [-0.05, 0) is 49.1 Å². The summed E-state index contributed by atoms with van der Waals surface area (Å²) in [4.78, 5) is 12.6. The lowest BCUT2D eigenvalue weighted by molar-refractivity contribution is -0.128. The molecule has 1 N–H and O–H groups in total. The minimum absolute atomic E-state index is 0.0919. The molecule has 5 heteroatoms. The van der Waals surface area contributed by atoms with Gasteiger partial charge in [-0.15, -0.1) is 0 Å². The average molecular weight is 376 g/mol. The first-order valence-electron chi connectivity index (χ1n) is 8.76. The number of hydrogen-bond donors (Lipinski definition) is 1. The highest BCUT2D eigenvalue weighted by molar-refractivity contribution is 6.32. The number of para-hydroxylation sites is 1. The summed E-state index contributed by atoms with van der Waals surface area (Å²) in [7, 11) is 1.64. The first kappa shape index (κ1) is 20.1. The van der Waals surface area contributed by atoms with E-state index in [1.54, 1.807) is 26.2 Å². The maximum absolute atomic E-state index is 12.6. The molecule has 0 spiro atoms. The third kappa shape index (κ3) is 5.67. The van der Waals surface area contributed by atoms with Crippen molar-refractivity contribution in [2.75, 3.05) is 7.11 Å². The number of amides is 1. The summed E-state index contributed by atoms with van der Waals surface area (Å²) < 4.78 is 10.9. The first-order valence-corrected chi connectivity index (χ1v) is 9.14. The Morgan fingerprint density at radius 3 is 2.31 bits per heavy atom. The third-order valence-electron chi connectivity index (χ3n) is 4.05. The minimum Gasteiger partial charge on any atom is -0.497 e. The Morgan fingerprint density at radius 2 is 1.73 bits per heavy atom. The van der Waals surface area contributed by atoms with Gasteiger partial charge in [0.1, 0.15) is 11.5 Å². The molecule has 2 aromatic rings. The highest BCUT2D eigenvalue weighted by Crippen LogP contribution is 2.26. The Kier molecular flexibility index (Phi) is 7.34. The molecule has 2 rings (SSSR count). The van der Waals surface area contributed by atoms with Gasteiger partial charge in [-0.1, -0.05) is 49.7 Å². The van der Waals surface area contributed by atoms with Crippen LogP contribution in [0.3, 0.4) is 0 Å². The number of rotatable bonds is 8. The summed E-state index contributed by atoms with van der Waals surface area (Å²) in [6.07, 6.45) is 0.180. The molecule has 2 atom stereocenters. The lowest BCUT2D eigenvalue weighted by atomic mass is 9.96. The SMILES string of the molecule is COc1ccc([C@@H](CC(C)C)NC(=O)[C@H](C)Oc2ccccc2Cl)cc1. The highest BCUT2D eigenvalue weighted by Gasteiger charge is 2.22. The van der Waals surface area contributed by atoms with Gasteiger partial charge in [-0.25, -0.2) is 0 Å². The molecule has 0 saturated heterocycles. The van der Waals surface area contributed by atoms with E-state index in [0.717, 1.165) is 17.7 Å². The average Bonchev–Trinajstić information content (AvgIpc) is 2.62. The molecule has 0 aliphatic heterocycles. The van der Waals surface area contributed by atoms with Crippen LogP contribution in [0.5, 0.6) is 11.5 Å². The Labute approximate surface area is 160 Å². The number of benzene rings is 2. The maximum atomic E-state index is 12.6. The first-order chi connectivity index (χ1) is 12.4. The number of hydrogen-bond acceptors (Lipinski definition) is 3. The van der Waals surface area contributed by atoms with Crippen molar-refractivity contribution in [2.45, 2.75) is 39.3 Å². The molecule has 0 saturated carbocycles. The maximum Gasteiger partial charge on any atom is 0.261 e. The van der Waals surface area contributed by atoms with Crippen LogP contribution in [-0.2, 0) is 4.79 Å². The molecule has 26 heavy (non-hydrogen) atoms. The third-order valence-corrected chi connectivity index (χ3v) is 4.36. The molecule has 0 unspecified atom stereocenters. The number of methoxy groups -OCH3 is 1. The molecular weight excluding hydrogens is 350 g/mol. The lowest BCUT2D eigenvalue weighted by Gasteiger charge is -2.24. The van der Waals surface area contributed by atoms with Crippen LogP contribution in [0.2, 0.25) is 5.02 Å².